The highest BCUT2D eigenvalue weighted by molar-refractivity contribution is 7.71. The molecule has 0 aliphatic heterocycles. The number of allylic oxidation sites excluding steroid dienone is 1. The first kappa shape index (κ1) is 15.9. The van der Waals surface area contributed by atoms with Gasteiger partial charge in [-0.25, -0.2) is 5.10 Å². The molecule has 24 heavy (non-hydrogen) atoms. The zero-order chi connectivity index (χ0) is 16.8. The summed E-state index contributed by atoms with van der Waals surface area (Å²) in [6.45, 7) is 2.55. The van der Waals surface area contributed by atoms with Crippen LogP contribution in [0.4, 0.5) is 0 Å². The number of hydrogen-bond donors (Lipinski definition) is 1. The van der Waals surface area contributed by atoms with E-state index in [2.05, 4.69) is 15.3 Å². The fourth-order valence-corrected chi connectivity index (χ4v) is 2.29. The van der Waals surface area contributed by atoms with E-state index in [1.807, 2.05) is 49.4 Å². The molecule has 0 atom stereocenters. The molecule has 2 heterocycles. The number of aromatic nitrogens is 3. The van der Waals surface area contributed by atoms with E-state index in [0.717, 1.165) is 17.1 Å². The summed E-state index contributed by atoms with van der Waals surface area (Å²) < 4.78 is 12.7. The van der Waals surface area contributed by atoms with Gasteiger partial charge in [-0.3, -0.25) is 0 Å². The van der Waals surface area contributed by atoms with E-state index < -0.39 is 0 Å². The highest BCUT2D eigenvalue weighted by Gasteiger charge is 2.08. The van der Waals surface area contributed by atoms with Gasteiger partial charge >= 0.3 is 0 Å². The molecule has 3 aromatic rings. The third kappa shape index (κ3) is 3.69. The minimum Gasteiger partial charge on any atom is -0.494 e. The SMILES string of the molecule is CCOc1cccc(-c2n[nH]c(=S)n2N=CC=Cc2ccco2)c1. The van der Waals surface area contributed by atoms with Crippen molar-refractivity contribution in [3.8, 4) is 17.1 Å². The standard InChI is InChI=1S/C17H16N4O2S/c1-2-22-15-7-3-6-13(12-15)16-19-20-17(24)21(16)18-10-4-8-14-9-5-11-23-14/h3-12H,2H2,1H3,(H,20,24). The summed E-state index contributed by atoms with van der Waals surface area (Å²) in [5, 5.41) is 11.4. The molecule has 0 unspecified atom stereocenters. The van der Waals surface area contributed by atoms with Crippen LogP contribution in [0.5, 0.6) is 5.75 Å². The molecule has 0 amide bonds. The number of H-pyrrole nitrogens is 1. The molecule has 3 rings (SSSR count). The van der Waals surface area contributed by atoms with E-state index >= 15 is 0 Å². The van der Waals surface area contributed by atoms with Crippen molar-refractivity contribution in [3.05, 3.63) is 59.3 Å². The third-order valence-electron chi connectivity index (χ3n) is 3.13. The molecule has 0 saturated heterocycles. The summed E-state index contributed by atoms with van der Waals surface area (Å²) in [7, 11) is 0. The molecule has 122 valence electrons. The van der Waals surface area contributed by atoms with E-state index in [9.17, 15) is 0 Å². The van der Waals surface area contributed by atoms with Crippen LogP contribution in [0.15, 0.2) is 58.3 Å². The second kappa shape index (κ2) is 7.56. The van der Waals surface area contributed by atoms with Crippen LogP contribution in [-0.2, 0) is 0 Å². The molecule has 7 heteroatoms. The monoisotopic (exact) mass is 340 g/mol. The highest BCUT2D eigenvalue weighted by Crippen LogP contribution is 2.22. The van der Waals surface area contributed by atoms with Crippen molar-refractivity contribution in [1.82, 2.24) is 14.9 Å². The molecule has 0 fully saturated rings. The fourth-order valence-electron chi connectivity index (χ4n) is 2.11. The zero-order valence-electron chi connectivity index (χ0n) is 13.0. The summed E-state index contributed by atoms with van der Waals surface area (Å²) >= 11 is 5.24. The Labute approximate surface area is 144 Å². The zero-order valence-corrected chi connectivity index (χ0v) is 13.9. The van der Waals surface area contributed by atoms with Crippen LogP contribution in [0.3, 0.4) is 0 Å². The van der Waals surface area contributed by atoms with Gasteiger partial charge in [0.25, 0.3) is 0 Å². The Kier molecular flexibility index (Phi) is 5.02. The minimum absolute atomic E-state index is 0.412. The first-order valence-corrected chi connectivity index (χ1v) is 7.84. The Balaban J connectivity index is 1.86. The summed E-state index contributed by atoms with van der Waals surface area (Å²) in [5.41, 5.74) is 0.862. The normalized spacial score (nSPS) is 11.5. The van der Waals surface area contributed by atoms with E-state index in [0.29, 0.717) is 17.2 Å². The number of furan rings is 1. The summed E-state index contributed by atoms with van der Waals surface area (Å²) in [4.78, 5) is 0. The van der Waals surface area contributed by atoms with Gasteiger partial charge in [0.15, 0.2) is 5.82 Å². The lowest BCUT2D eigenvalue weighted by molar-refractivity contribution is 0.340. The summed E-state index contributed by atoms with van der Waals surface area (Å²) in [6.07, 6.45) is 6.83. The third-order valence-corrected chi connectivity index (χ3v) is 3.39. The Morgan fingerprint density at radius 1 is 1.38 bits per heavy atom. The first-order chi connectivity index (χ1) is 11.8. The number of rotatable bonds is 6. The molecular formula is C17H16N4O2S. The lowest BCUT2D eigenvalue weighted by Gasteiger charge is -2.05. The molecule has 0 spiro atoms. The van der Waals surface area contributed by atoms with Gasteiger partial charge in [-0.2, -0.15) is 14.9 Å². The maximum Gasteiger partial charge on any atom is 0.216 e. The molecule has 0 radical (unpaired) electrons. The molecule has 0 aliphatic rings. The predicted molar refractivity (Wildman–Crippen MR) is 95.6 cm³/mol. The maximum absolute atomic E-state index is 5.52. The Morgan fingerprint density at radius 2 is 2.29 bits per heavy atom. The van der Waals surface area contributed by atoms with Crippen molar-refractivity contribution < 1.29 is 9.15 Å². The van der Waals surface area contributed by atoms with Crippen LogP contribution < -0.4 is 4.74 Å². The maximum atomic E-state index is 5.52. The Morgan fingerprint density at radius 3 is 3.08 bits per heavy atom. The van der Waals surface area contributed by atoms with Crippen molar-refractivity contribution in [2.24, 2.45) is 5.10 Å². The van der Waals surface area contributed by atoms with Crippen LogP contribution in [0.25, 0.3) is 17.5 Å². The number of nitrogens with one attached hydrogen (secondary N) is 1. The summed E-state index contributed by atoms with van der Waals surface area (Å²) in [6, 6.07) is 11.3. The molecule has 1 N–H and O–H groups in total. The highest BCUT2D eigenvalue weighted by atomic mass is 32.1. The van der Waals surface area contributed by atoms with Gasteiger partial charge in [0, 0.05) is 11.8 Å². The van der Waals surface area contributed by atoms with Gasteiger partial charge in [0.2, 0.25) is 4.77 Å². The smallest absolute Gasteiger partial charge is 0.216 e. The van der Waals surface area contributed by atoms with Crippen molar-refractivity contribution in [2.75, 3.05) is 6.61 Å². The van der Waals surface area contributed by atoms with Gasteiger partial charge in [-0.05, 0) is 55.6 Å². The lowest BCUT2D eigenvalue weighted by Crippen LogP contribution is -1.95. The number of aromatic amines is 1. The van der Waals surface area contributed by atoms with E-state index in [1.165, 1.54) is 0 Å². The van der Waals surface area contributed by atoms with Crippen LogP contribution >= 0.6 is 12.2 Å². The minimum atomic E-state index is 0.412. The average molecular weight is 340 g/mol. The van der Waals surface area contributed by atoms with Crippen LogP contribution in [-0.4, -0.2) is 27.7 Å². The van der Waals surface area contributed by atoms with Gasteiger partial charge in [0.1, 0.15) is 11.5 Å². The molecule has 1 aromatic carbocycles. The number of benzene rings is 1. The molecule has 0 bridgehead atoms. The molecule has 6 nitrogen and oxygen atoms in total. The van der Waals surface area contributed by atoms with Gasteiger partial charge < -0.3 is 9.15 Å². The average Bonchev–Trinajstić information content (AvgIpc) is 3.22. The van der Waals surface area contributed by atoms with Crippen LogP contribution in [0.1, 0.15) is 12.7 Å². The summed E-state index contributed by atoms with van der Waals surface area (Å²) in [5.74, 6) is 2.14. The largest absolute Gasteiger partial charge is 0.494 e. The second-order valence-corrected chi connectivity index (χ2v) is 5.15. The van der Waals surface area contributed by atoms with Crippen molar-refractivity contribution in [2.45, 2.75) is 6.92 Å². The molecule has 0 saturated carbocycles. The van der Waals surface area contributed by atoms with Gasteiger partial charge in [-0.15, -0.1) is 0 Å². The van der Waals surface area contributed by atoms with Gasteiger partial charge in [0.05, 0.1) is 12.9 Å². The van der Waals surface area contributed by atoms with E-state index in [1.54, 1.807) is 23.2 Å². The Hall–Kier alpha value is -2.93. The molecular weight excluding hydrogens is 324 g/mol. The number of nitrogens with zero attached hydrogens (tertiary/aromatic N) is 3. The van der Waals surface area contributed by atoms with E-state index in [-0.39, 0.29) is 0 Å². The predicted octanol–water partition coefficient (Wildman–Crippen LogP) is 4.15. The van der Waals surface area contributed by atoms with Crippen molar-refractivity contribution in [3.63, 3.8) is 0 Å². The van der Waals surface area contributed by atoms with Crippen LogP contribution in [0.2, 0.25) is 0 Å². The van der Waals surface area contributed by atoms with Gasteiger partial charge in [-0.1, -0.05) is 12.1 Å². The van der Waals surface area contributed by atoms with E-state index in [4.69, 9.17) is 21.4 Å². The topological polar surface area (TPSA) is 68.3 Å². The van der Waals surface area contributed by atoms with Crippen molar-refractivity contribution >= 4 is 24.5 Å². The number of hydrogen-bond acceptors (Lipinski definition) is 5. The first-order valence-electron chi connectivity index (χ1n) is 7.43. The molecule has 0 aliphatic carbocycles. The van der Waals surface area contributed by atoms with Crippen molar-refractivity contribution in [1.29, 1.82) is 0 Å². The number of ether oxygens (including phenoxy) is 1. The fraction of sp³-hybridized carbons (Fsp3) is 0.118. The quantitative estimate of drug-likeness (QED) is 0.541. The van der Waals surface area contributed by atoms with Crippen LogP contribution in [0, 0.1) is 4.77 Å². The lowest BCUT2D eigenvalue weighted by atomic mass is 10.2. The Bertz CT molecular complexity index is 907. The second-order valence-electron chi connectivity index (χ2n) is 4.76. The molecule has 2 aromatic heterocycles.